The van der Waals surface area contributed by atoms with E-state index < -0.39 is 41.4 Å². The summed E-state index contributed by atoms with van der Waals surface area (Å²) in [6.07, 6.45) is -4.00. The number of para-hydroxylation sites is 1. The lowest BCUT2D eigenvalue weighted by atomic mass is 10.0. The lowest BCUT2D eigenvalue weighted by Gasteiger charge is -2.24. The first-order chi connectivity index (χ1) is 11.6. The summed E-state index contributed by atoms with van der Waals surface area (Å²) >= 11 is 0. The summed E-state index contributed by atoms with van der Waals surface area (Å²) in [6, 6.07) is 7.89. The number of carboxylic acid groups (broad SMARTS) is 1. The first-order valence-electron chi connectivity index (χ1n) is 7.07. The summed E-state index contributed by atoms with van der Waals surface area (Å²) in [4.78, 5) is 23.4. The maximum Gasteiger partial charge on any atom is 0.435 e. The molecule has 7 nitrogen and oxygen atoms in total. The van der Waals surface area contributed by atoms with Crippen molar-refractivity contribution in [3.63, 3.8) is 0 Å². The molecule has 0 bridgehead atoms. The average Bonchev–Trinajstić information content (AvgIpc) is 3.01. The van der Waals surface area contributed by atoms with Crippen LogP contribution in [0.1, 0.15) is 23.0 Å². The molecule has 4 N–H and O–H groups in total. The summed E-state index contributed by atoms with van der Waals surface area (Å²) in [5.41, 5.74) is 1.51. The van der Waals surface area contributed by atoms with E-state index in [1.165, 1.54) is 12.1 Å². The van der Waals surface area contributed by atoms with E-state index in [1.54, 1.807) is 18.2 Å². The third kappa shape index (κ3) is 3.79. The third-order valence-corrected chi connectivity index (χ3v) is 3.52. The molecule has 1 atom stereocenters. The Morgan fingerprint density at radius 2 is 1.88 bits per heavy atom. The highest BCUT2D eigenvalue weighted by Crippen LogP contribution is 2.31. The van der Waals surface area contributed by atoms with Gasteiger partial charge in [-0.05, 0) is 19.1 Å². The molecule has 0 unspecified atom stereocenters. The summed E-state index contributed by atoms with van der Waals surface area (Å²) in [6.45, 7) is 0.602. The minimum atomic E-state index is -4.89. The van der Waals surface area contributed by atoms with Crippen LogP contribution in [-0.4, -0.2) is 38.8 Å². The number of carbonyl (C=O) groups is 2. The second kappa shape index (κ2) is 6.55. The van der Waals surface area contributed by atoms with Crippen LogP contribution in [-0.2, 0) is 11.0 Å². The summed E-state index contributed by atoms with van der Waals surface area (Å²) < 4.78 is 40.5. The van der Waals surface area contributed by atoms with Gasteiger partial charge in [-0.1, -0.05) is 18.2 Å². The Bertz CT molecular complexity index is 789. The van der Waals surface area contributed by atoms with E-state index in [1.807, 2.05) is 5.32 Å². The monoisotopic (exact) mass is 356 g/mol. The number of halogens is 3. The Morgan fingerprint density at radius 3 is 2.36 bits per heavy atom. The first kappa shape index (κ1) is 18.5. The van der Waals surface area contributed by atoms with Crippen LogP contribution in [0.4, 0.5) is 13.2 Å². The van der Waals surface area contributed by atoms with Crippen molar-refractivity contribution in [2.45, 2.75) is 18.6 Å². The number of amides is 1. The van der Waals surface area contributed by atoms with Gasteiger partial charge in [0.1, 0.15) is 5.54 Å². The maximum absolute atomic E-state index is 13.2. The van der Waals surface area contributed by atoms with Crippen LogP contribution >= 0.6 is 0 Å². The summed E-state index contributed by atoms with van der Waals surface area (Å²) in [5, 5.41) is 14.5. The smallest absolute Gasteiger partial charge is 0.435 e. The fourth-order valence-corrected chi connectivity index (χ4v) is 1.97. The average molecular weight is 356 g/mol. The Labute approximate surface area is 140 Å². The molecule has 10 heteroatoms. The van der Waals surface area contributed by atoms with E-state index >= 15 is 0 Å². The van der Waals surface area contributed by atoms with Gasteiger partial charge in [-0.15, -0.1) is 0 Å². The van der Waals surface area contributed by atoms with Crippen molar-refractivity contribution >= 4 is 11.9 Å². The van der Waals surface area contributed by atoms with E-state index in [0.29, 0.717) is 5.69 Å². The number of hydrogen-bond acceptors (Lipinski definition) is 4. The van der Waals surface area contributed by atoms with Gasteiger partial charge >= 0.3 is 12.1 Å². The molecular formula is C15H15F3N4O3. The second-order valence-corrected chi connectivity index (χ2v) is 5.46. The third-order valence-electron chi connectivity index (χ3n) is 3.52. The number of nitrogens with two attached hydrogens (primary N) is 1. The Kier molecular flexibility index (Phi) is 4.84. The topological polar surface area (TPSA) is 110 Å². The largest absolute Gasteiger partial charge is 0.479 e. The molecule has 0 aliphatic carbocycles. The van der Waals surface area contributed by atoms with Crippen molar-refractivity contribution in [1.29, 1.82) is 0 Å². The lowest BCUT2D eigenvalue weighted by molar-refractivity contribution is -0.143. The number of rotatable bonds is 5. The molecule has 0 aliphatic rings. The molecule has 0 radical (unpaired) electrons. The van der Waals surface area contributed by atoms with Gasteiger partial charge in [0, 0.05) is 12.7 Å². The van der Waals surface area contributed by atoms with Crippen LogP contribution in [0.15, 0.2) is 36.5 Å². The number of alkyl halides is 3. The van der Waals surface area contributed by atoms with Gasteiger partial charge in [-0.25, -0.2) is 9.48 Å². The minimum Gasteiger partial charge on any atom is -0.479 e. The number of nitrogens with zero attached hydrogens (tertiary/aromatic N) is 2. The number of hydrogen-bond donors (Lipinski definition) is 3. The van der Waals surface area contributed by atoms with Crippen LogP contribution in [0.3, 0.4) is 0 Å². The van der Waals surface area contributed by atoms with Gasteiger partial charge in [0.25, 0.3) is 5.91 Å². The van der Waals surface area contributed by atoms with E-state index in [-0.39, 0.29) is 0 Å². The van der Waals surface area contributed by atoms with Crippen molar-refractivity contribution in [3.8, 4) is 5.69 Å². The zero-order chi connectivity index (χ0) is 18.8. The van der Waals surface area contributed by atoms with Gasteiger partial charge in [-0.3, -0.25) is 4.79 Å². The first-order valence-corrected chi connectivity index (χ1v) is 7.07. The molecule has 1 heterocycles. The van der Waals surface area contributed by atoms with E-state index in [2.05, 4.69) is 5.10 Å². The number of carbonyl (C=O) groups excluding carboxylic acids is 1. The van der Waals surface area contributed by atoms with Crippen molar-refractivity contribution in [1.82, 2.24) is 15.1 Å². The van der Waals surface area contributed by atoms with Gasteiger partial charge in [0.15, 0.2) is 5.69 Å². The van der Waals surface area contributed by atoms with Crippen molar-refractivity contribution in [3.05, 3.63) is 47.8 Å². The fraction of sp³-hybridized carbons (Fsp3) is 0.267. The van der Waals surface area contributed by atoms with Crippen LogP contribution in [0.2, 0.25) is 0 Å². The van der Waals surface area contributed by atoms with Crippen LogP contribution in [0, 0.1) is 0 Å². The second-order valence-electron chi connectivity index (χ2n) is 5.46. The van der Waals surface area contributed by atoms with E-state index in [0.717, 1.165) is 17.8 Å². The molecule has 0 spiro atoms. The summed E-state index contributed by atoms with van der Waals surface area (Å²) in [5.74, 6) is -2.70. The Morgan fingerprint density at radius 1 is 1.28 bits per heavy atom. The molecule has 134 valence electrons. The van der Waals surface area contributed by atoms with Crippen molar-refractivity contribution < 1.29 is 27.9 Å². The molecule has 1 amide bonds. The normalized spacial score (nSPS) is 14.0. The van der Waals surface area contributed by atoms with Crippen LogP contribution in [0.25, 0.3) is 5.69 Å². The van der Waals surface area contributed by atoms with E-state index in [9.17, 15) is 22.8 Å². The number of aromatic nitrogens is 2. The number of nitrogens with one attached hydrogen (secondary N) is 1. The quantitative estimate of drug-likeness (QED) is 0.751. The minimum absolute atomic E-state index is 0.312. The SMILES string of the molecule is C[C@@](CN)(NC(=O)c1cn(-c2ccccc2)nc1C(F)(F)F)C(=O)O. The van der Waals surface area contributed by atoms with Gasteiger partial charge in [-0.2, -0.15) is 18.3 Å². The number of aliphatic carboxylic acids is 1. The van der Waals surface area contributed by atoms with Crippen molar-refractivity contribution in [2.75, 3.05) is 6.54 Å². The number of carboxylic acids is 1. The van der Waals surface area contributed by atoms with Crippen molar-refractivity contribution in [2.24, 2.45) is 5.73 Å². The molecule has 0 saturated carbocycles. The molecule has 0 fully saturated rings. The van der Waals surface area contributed by atoms with Gasteiger partial charge in [0.05, 0.1) is 11.3 Å². The Hall–Kier alpha value is -2.88. The zero-order valence-electron chi connectivity index (χ0n) is 13.0. The molecular weight excluding hydrogens is 341 g/mol. The number of benzene rings is 1. The fourth-order valence-electron chi connectivity index (χ4n) is 1.97. The highest BCUT2D eigenvalue weighted by Gasteiger charge is 2.41. The Balaban J connectivity index is 2.47. The zero-order valence-corrected chi connectivity index (χ0v) is 13.0. The highest BCUT2D eigenvalue weighted by atomic mass is 19.4. The van der Waals surface area contributed by atoms with Crippen LogP contribution < -0.4 is 11.1 Å². The van der Waals surface area contributed by atoms with Crippen LogP contribution in [0.5, 0.6) is 0 Å². The molecule has 0 aliphatic heterocycles. The molecule has 1 aromatic carbocycles. The molecule has 2 aromatic rings. The predicted octanol–water partition coefficient (Wildman–Crippen LogP) is 1.42. The standard InChI is InChI=1S/C15H15F3N4O3/c1-14(8-19,13(24)25)20-12(23)10-7-22(9-5-3-2-4-6-9)21-11(10)15(16,17)18/h2-7H,8,19H2,1H3,(H,20,23)(H,24,25)/t14-/m0/s1. The molecule has 0 saturated heterocycles. The highest BCUT2D eigenvalue weighted by molar-refractivity contribution is 5.98. The maximum atomic E-state index is 13.2. The molecule has 25 heavy (non-hydrogen) atoms. The van der Waals surface area contributed by atoms with Gasteiger partial charge < -0.3 is 16.2 Å². The molecule has 1 aromatic heterocycles. The van der Waals surface area contributed by atoms with Gasteiger partial charge in [0.2, 0.25) is 0 Å². The lowest BCUT2D eigenvalue weighted by Crippen LogP contribution is -2.57. The predicted molar refractivity (Wildman–Crippen MR) is 81.1 cm³/mol. The molecule has 2 rings (SSSR count). The van der Waals surface area contributed by atoms with E-state index in [4.69, 9.17) is 10.8 Å². The summed E-state index contributed by atoms with van der Waals surface area (Å²) in [7, 11) is 0.